The zero-order valence-corrected chi connectivity index (χ0v) is 18.8. The van der Waals surface area contributed by atoms with Crippen LogP contribution in [0, 0.1) is 0 Å². The summed E-state index contributed by atoms with van der Waals surface area (Å²) in [5, 5.41) is 0. The Balaban J connectivity index is 3.09. The number of furan rings is 1. The standard InChI is InChI=1S/C23H36O7/c1-5-8-9-10-11-12-16-23(21(25)27-6-2,22(26)28-7-3)20-14-13-19(30-20)15-17-29-18(4)24/h13-14H,5-12,15-17H2,1-4H3. The van der Waals surface area contributed by atoms with E-state index in [2.05, 4.69) is 6.92 Å². The summed E-state index contributed by atoms with van der Waals surface area (Å²) in [6.45, 7) is 7.35. The maximum absolute atomic E-state index is 13.0. The van der Waals surface area contributed by atoms with Crippen molar-refractivity contribution >= 4 is 17.9 Å². The quantitative estimate of drug-likeness (QED) is 0.177. The van der Waals surface area contributed by atoms with Crippen LogP contribution in [0.25, 0.3) is 0 Å². The smallest absolute Gasteiger partial charge is 0.331 e. The van der Waals surface area contributed by atoms with Crippen LogP contribution < -0.4 is 0 Å². The summed E-state index contributed by atoms with van der Waals surface area (Å²) in [4.78, 5) is 37.0. The van der Waals surface area contributed by atoms with Crippen LogP contribution in [0.3, 0.4) is 0 Å². The average Bonchev–Trinajstić information content (AvgIpc) is 3.16. The summed E-state index contributed by atoms with van der Waals surface area (Å²) in [6, 6.07) is 3.31. The van der Waals surface area contributed by atoms with Gasteiger partial charge in [-0.15, -0.1) is 0 Å². The highest BCUT2D eigenvalue weighted by Gasteiger charge is 2.52. The Morgan fingerprint density at radius 2 is 1.47 bits per heavy atom. The molecule has 0 aliphatic rings. The molecule has 1 rings (SSSR count). The van der Waals surface area contributed by atoms with Crippen LogP contribution in [0.4, 0.5) is 0 Å². The van der Waals surface area contributed by atoms with Crippen molar-refractivity contribution in [2.75, 3.05) is 19.8 Å². The van der Waals surface area contributed by atoms with Crippen molar-refractivity contribution < 1.29 is 33.0 Å². The van der Waals surface area contributed by atoms with Crippen molar-refractivity contribution in [3.63, 3.8) is 0 Å². The zero-order valence-electron chi connectivity index (χ0n) is 18.8. The largest absolute Gasteiger partial charge is 0.465 e. The van der Waals surface area contributed by atoms with E-state index < -0.39 is 17.4 Å². The molecule has 0 radical (unpaired) electrons. The van der Waals surface area contributed by atoms with Gasteiger partial charge in [-0.2, -0.15) is 0 Å². The molecule has 7 nitrogen and oxygen atoms in total. The first-order chi connectivity index (χ1) is 14.4. The minimum atomic E-state index is -1.63. The topological polar surface area (TPSA) is 92.0 Å². The second kappa shape index (κ2) is 13.8. The Bertz CT molecular complexity index is 644. The van der Waals surface area contributed by atoms with Gasteiger partial charge in [-0.05, 0) is 32.4 Å². The van der Waals surface area contributed by atoms with Crippen molar-refractivity contribution in [1.29, 1.82) is 0 Å². The Morgan fingerprint density at radius 1 is 0.867 bits per heavy atom. The molecule has 0 saturated carbocycles. The number of unbranched alkanes of at least 4 members (excludes halogenated alkanes) is 5. The van der Waals surface area contributed by atoms with E-state index in [4.69, 9.17) is 18.6 Å². The van der Waals surface area contributed by atoms with E-state index in [1.165, 1.54) is 13.3 Å². The fraction of sp³-hybridized carbons (Fsp3) is 0.696. The van der Waals surface area contributed by atoms with Gasteiger partial charge in [0.2, 0.25) is 5.41 Å². The number of ether oxygens (including phenoxy) is 3. The highest BCUT2D eigenvalue weighted by molar-refractivity contribution is 6.05. The van der Waals surface area contributed by atoms with Crippen LogP contribution in [0.1, 0.15) is 84.2 Å². The fourth-order valence-electron chi connectivity index (χ4n) is 3.33. The minimum Gasteiger partial charge on any atom is -0.465 e. The predicted molar refractivity (Wildman–Crippen MR) is 112 cm³/mol. The van der Waals surface area contributed by atoms with Gasteiger partial charge in [0.1, 0.15) is 11.5 Å². The van der Waals surface area contributed by atoms with Crippen molar-refractivity contribution in [3.8, 4) is 0 Å². The van der Waals surface area contributed by atoms with Gasteiger partial charge in [-0.25, -0.2) is 0 Å². The highest BCUT2D eigenvalue weighted by atomic mass is 16.6. The first-order valence-electron chi connectivity index (χ1n) is 11.0. The predicted octanol–water partition coefficient (Wildman–Crippen LogP) is 4.50. The summed E-state index contributed by atoms with van der Waals surface area (Å²) in [7, 11) is 0. The monoisotopic (exact) mass is 424 g/mol. The van der Waals surface area contributed by atoms with E-state index in [0.717, 1.165) is 25.7 Å². The minimum absolute atomic E-state index is 0.149. The van der Waals surface area contributed by atoms with Crippen LogP contribution in [-0.2, 0) is 40.4 Å². The number of hydrogen-bond donors (Lipinski definition) is 0. The molecule has 1 aromatic rings. The van der Waals surface area contributed by atoms with Crippen LogP contribution in [0.15, 0.2) is 16.5 Å². The van der Waals surface area contributed by atoms with Gasteiger partial charge in [0.15, 0.2) is 0 Å². The highest BCUT2D eigenvalue weighted by Crippen LogP contribution is 2.35. The van der Waals surface area contributed by atoms with Crippen LogP contribution >= 0.6 is 0 Å². The van der Waals surface area contributed by atoms with Crippen molar-refractivity contribution in [1.82, 2.24) is 0 Å². The molecule has 0 N–H and O–H groups in total. The number of hydrogen-bond acceptors (Lipinski definition) is 7. The third-order valence-electron chi connectivity index (χ3n) is 4.89. The molecule has 170 valence electrons. The first kappa shape index (κ1) is 25.7. The molecule has 30 heavy (non-hydrogen) atoms. The maximum Gasteiger partial charge on any atom is 0.331 e. The molecule has 0 fully saturated rings. The Hall–Kier alpha value is -2.31. The molecular weight excluding hydrogens is 388 g/mol. The molecule has 0 spiro atoms. The average molecular weight is 425 g/mol. The summed E-state index contributed by atoms with van der Waals surface area (Å²) in [5.74, 6) is -0.953. The SMILES string of the molecule is CCCCCCCCC(C(=O)OCC)(C(=O)OCC)c1ccc(CCOC(C)=O)o1. The molecular formula is C23H36O7. The van der Waals surface area contributed by atoms with E-state index in [-0.39, 0.29) is 38.0 Å². The van der Waals surface area contributed by atoms with Gasteiger partial charge in [0, 0.05) is 13.3 Å². The van der Waals surface area contributed by atoms with Crippen molar-refractivity contribution in [2.45, 2.75) is 84.5 Å². The van der Waals surface area contributed by atoms with Gasteiger partial charge in [0.05, 0.1) is 19.8 Å². The number of carbonyl (C=O) groups is 3. The van der Waals surface area contributed by atoms with Crippen LogP contribution in [0.5, 0.6) is 0 Å². The third-order valence-corrected chi connectivity index (χ3v) is 4.89. The summed E-state index contributed by atoms with van der Waals surface area (Å²) < 4.78 is 21.4. The lowest BCUT2D eigenvalue weighted by Crippen LogP contribution is -2.46. The van der Waals surface area contributed by atoms with Crippen molar-refractivity contribution in [3.05, 3.63) is 23.7 Å². The fourth-order valence-corrected chi connectivity index (χ4v) is 3.33. The zero-order chi connectivity index (χ0) is 22.4. The number of carbonyl (C=O) groups excluding carboxylic acids is 3. The molecule has 0 aromatic carbocycles. The van der Waals surface area contributed by atoms with Gasteiger partial charge >= 0.3 is 17.9 Å². The molecule has 0 unspecified atom stereocenters. The van der Waals surface area contributed by atoms with Gasteiger partial charge in [0.25, 0.3) is 0 Å². The normalized spacial score (nSPS) is 11.2. The Morgan fingerprint density at radius 3 is 2.03 bits per heavy atom. The molecule has 1 aromatic heterocycles. The summed E-state index contributed by atoms with van der Waals surface area (Å²) in [6.07, 6.45) is 6.67. The van der Waals surface area contributed by atoms with Gasteiger partial charge in [-0.3, -0.25) is 14.4 Å². The molecule has 0 saturated heterocycles. The van der Waals surface area contributed by atoms with Gasteiger partial charge in [-0.1, -0.05) is 45.4 Å². The lowest BCUT2D eigenvalue weighted by Gasteiger charge is -2.27. The Kier molecular flexibility index (Phi) is 11.9. The molecule has 0 amide bonds. The maximum atomic E-state index is 13.0. The van der Waals surface area contributed by atoms with Crippen molar-refractivity contribution in [2.24, 2.45) is 0 Å². The lowest BCUT2D eigenvalue weighted by molar-refractivity contribution is -0.166. The van der Waals surface area contributed by atoms with E-state index in [0.29, 0.717) is 18.6 Å². The second-order valence-corrected chi connectivity index (χ2v) is 7.22. The van der Waals surface area contributed by atoms with E-state index in [1.54, 1.807) is 26.0 Å². The molecule has 0 atom stereocenters. The van der Waals surface area contributed by atoms with E-state index in [9.17, 15) is 14.4 Å². The number of esters is 3. The first-order valence-corrected chi connectivity index (χ1v) is 11.0. The molecule has 0 bridgehead atoms. The molecule has 0 aliphatic heterocycles. The van der Waals surface area contributed by atoms with Gasteiger partial charge < -0.3 is 18.6 Å². The lowest BCUT2D eigenvalue weighted by atomic mass is 9.79. The third kappa shape index (κ3) is 7.50. The Labute approximate surface area is 179 Å². The van der Waals surface area contributed by atoms with Crippen LogP contribution in [0.2, 0.25) is 0 Å². The summed E-state index contributed by atoms with van der Waals surface area (Å²) >= 11 is 0. The molecule has 0 aliphatic carbocycles. The molecule has 1 heterocycles. The van der Waals surface area contributed by atoms with Crippen LogP contribution in [-0.4, -0.2) is 37.7 Å². The second-order valence-electron chi connectivity index (χ2n) is 7.22. The van der Waals surface area contributed by atoms with E-state index >= 15 is 0 Å². The summed E-state index contributed by atoms with van der Waals surface area (Å²) in [5.41, 5.74) is -1.63. The molecule has 7 heteroatoms. The van der Waals surface area contributed by atoms with E-state index in [1.807, 2.05) is 0 Å². The number of rotatable bonds is 15.